The highest BCUT2D eigenvalue weighted by Crippen LogP contribution is 2.24. The Labute approximate surface area is 195 Å². The molecule has 0 radical (unpaired) electrons. The van der Waals surface area contributed by atoms with E-state index in [-0.39, 0.29) is 17.3 Å². The Morgan fingerprint density at radius 2 is 1.59 bits per heavy atom. The minimum absolute atomic E-state index is 0.0717. The van der Waals surface area contributed by atoms with Crippen molar-refractivity contribution in [1.82, 2.24) is 5.32 Å². The molecule has 0 bridgehead atoms. The third-order valence-electron chi connectivity index (χ3n) is 5.27. The van der Waals surface area contributed by atoms with Crippen LogP contribution in [0.15, 0.2) is 77.7 Å². The van der Waals surface area contributed by atoms with Crippen LogP contribution in [0.25, 0.3) is 0 Å². The first-order valence-corrected chi connectivity index (χ1v) is 12.4. The fourth-order valence-electron chi connectivity index (χ4n) is 3.43. The van der Waals surface area contributed by atoms with Gasteiger partial charge in [0.1, 0.15) is 6.54 Å². The topological polar surface area (TPSA) is 66.5 Å². The van der Waals surface area contributed by atoms with Gasteiger partial charge in [0.05, 0.1) is 10.6 Å². The van der Waals surface area contributed by atoms with E-state index in [2.05, 4.69) is 37.4 Å². The van der Waals surface area contributed by atoms with Crippen LogP contribution in [0.4, 0.5) is 5.69 Å². The van der Waals surface area contributed by atoms with E-state index < -0.39 is 10.0 Å². The zero-order valence-corrected chi connectivity index (χ0v) is 19.8. The standard InChI is InChI=1S/C25H27ClN2O3S/c1-3-19-10-11-20(4-2)21(16-19)17-27-25(29)18-28(23-8-6-5-7-9-23)32(30,31)24-14-12-22(26)13-15-24/h5-16H,3-4,17-18H2,1-2H3,(H,27,29). The van der Waals surface area contributed by atoms with E-state index in [4.69, 9.17) is 11.6 Å². The van der Waals surface area contributed by atoms with Gasteiger partial charge >= 0.3 is 0 Å². The molecule has 0 aliphatic heterocycles. The van der Waals surface area contributed by atoms with Crippen LogP contribution >= 0.6 is 11.6 Å². The molecule has 0 aromatic heterocycles. The average Bonchev–Trinajstić information content (AvgIpc) is 2.81. The molecular formula is C25H27ClN2O3S. The van der Waals surface area contributed by atoms with Gasteiger partial charge in [-0.05, 0) is 65.9 Å². The second kappa shape index (κ2) is 10.7. The number of carbonyl (C=O) groups excluding carboxylic acids is 1. The van der Waals surface area contributed by atoms with Crippen molar-refractivity contribution in [2.24, 2.45) is 0 Å². The lowest BCUT2D eigenvalue weighted by Crippen LogP contribution is -2.40. The van der Waals surface area contributed by atoms with E-state index in [0.29, 0.717) is 17.3 Å². The lowest BCUT2D eigenvalue weighted by atomic mass is 10.0. The monoisotopic (exact) mass is 470 g/mol. The molecule has 0 atom stereocenters. The van der Waals surface area contributed by atoms with Crippen LogP contribution in [0.2, 0.25) is 5.02 Å². The summed E-state index contributed by atoms with van der Waals surface area (Å²) in [5, 5.41) is 3.33. The first-order chi connectivity index (χ1) is 15.3. The summed E-state index contributed by atoms with van der Waals surface area (Å²) in [6, 6.07) is 20.8. The summed E-state index contributed by atoms with van der Waals surface area (Å²) in [6.07, 6.45) is 1.77. The van der Waals surface area contributed by atoms with E-state index in [1.54, 1.807) is 30.3 Å². The van der Waals surface area contributed by atoms with Crippen molar-refractivity contribution in [3.05, 3.63) is 94.5 Å². The summed E-state index contributed by atoms with van der Waals surface area (Å²) < 4.78 is 27.8. The summed E-state index contributed by atoms with van der Waals surface area (Å²) >= 11 is 5.92. The third-order valence-corrected chi connectivity index (χ3v) is 7.31. The van der Waals surface area contributed by atoms with Crippen LogP contribution in [0, 0.1) is 0 Å². The van der Waals surface area contributed by atoms with Crippen molar-refractivity contribution in [2.45, 2.75) is 38.1 Å². The fraction of sp³-hybridized carbons (Fsp3) is 0.240. The Morgan fingerprint density at radius 3 is 2.22 bits per heavy atom. The second-order valence-corrected chi connectivity index (χ2v) is 9.69. The SMILES string of the molecule is CCc1ccc(CC)c(CNC(=O)CN(c2ccccc2)S(=O)(=O)c2ccc(Cl)cc2)c1. The van der Waals surface area contributed by atoms with Gasteiger partial charge in [0.2, 0.25) is 5.91 Å². The Kier molecular flexibility index (Phi) is 7.94. The molecule has 1 N–H and O–H groups in total. The van der Waals surface area contributed by atoms with Gasteiger partial charge in [0, 0.05) is 11.6 Å². The number of carbonyl (C=O) groups is 1. The predicted octanol–water partition coefficient (Wildman–Crippen LogP) is 4.98. The molecule has 0 saturated heterocycles. The highest BCUT2D eigenvalue weighted by Gasteiger charge is 2.27. The summed E-state index contributed by atoms with van der Waals surface area (Å²) in [5.74, 6) is -0.379. The molecule has 0 fully saturated rings. The molecule has 0 aliphatic carbocycles. The normalized spacial score (nSPS) is 11.2. The molecule has 0 saturated carbocycles. The van der Waals surface area contributed by atoms with Gasteiger partial charge in [-0.3, -0.25) is 9.10 Å². The maximum Gasteiger partial charge on any atom is 0.264 e. The van der Waals surface area contributed by atoms with E-state index in [1.165, 1.54) is 29.8 Å². The molecular weight excluding hydrogens is 444 g/mol. The van der Waals surface area contributed by atoms with Crippen molar-refractivity contribution in [3.8, 4) is 0 Å². The number of nitrogens with zero attached hydrogens (tertiary/aromatic N) is 1. The van der Waals surface area contributed by atoms with Crippen molar-refractivity contribution in [3.63, 3.8) is 0 Å². The predicted molar refractivity (Wildman–Crippen MR) is 129 cm³/mol. The number of aryl methyl sites for hydroxylation is 2. The number of hydrogen-bond acceptors (Lipinski definition) is 3. The van der Waals surface area contributed by atoms with Crippen molar-refractivity contribution >= 4 is 33.2 Å². The lowest BCUT2D eigenvalue weighted by Gasteiger charge is -2.24. The number of amides is 1. The van der Waals surface area contributed by atoms with Gasteiger partial charge in [0.25, 0.3) is 10.0 Å². The molecule has 32 heavy (non-hydrogen) atoms. The first kappa shape index (κ1) is 23.8. The van der Waals surface area contributed by atoms with Gasteiger partial charge in [-0.25, -0.2) is 8.42 Å². The van der Waals surface area contributed by atoms with Crippen LogP contribution in [0.3, 0.4) is 0 Å². The Balaban J connectivity index is 1.83. The summed E-state index contributed by atoms with van der Waals surface area (Å²) in [7, 11) is -3.96. The Hall–Kier alpha value is -2.83. The number of benzene rings is 3. The maximum absolute atomic E-state index is 13.3. The number of para-hydroxylation sites is 1. The van der Waals surface area contributed by atoms with Crippen molar-refractivity contribution < 1.29 is 13.2 Å². The van der Waals surface area contributed by atoms with E-state index in [9.17, 15) is 13.2 Å². The molecule has 168 valence electrons. The molecule has 3 rings (SSSR count). The third kappa shape index (κ3) is 5.69. The largest absolute Gasteiger partial charge is 0.350 e. The van der Waals surface area contributed by atoms with Crippen LogP contribution in [-0.2, 0) is 34.2 Å². The number of hydrogen-bond donors (Lipinski definition) is 1. The van der Waals surface area contributed by atoms with Gasteiger partial charge in [-0.1, -0.05) is 61.8 Å². The van der Waals surface area contributed by atoms with Crippen LogP contribution in [0.1, 0.15) is 30.5 Å². The fourth-order valence-corrected chi connectivity index (χ4v) is 4.98. The minimum Gasteiger partial charge on any atom is -0.350 e. The molecule has 1 amide bonds. The van der Waals surface area contributed by atoms with Crippen molar-refractivity contribution in [1.29, 1.82) is 0 Å². The molecule has 0 aliphatic rings. The zero-order chi connectivity index (χ0) is 23.1. The van der Waals surface area contributed by atoms with E-state index in [0.717, 1.165) is 28.3 Å². The van der Waals surface area contributed by atoms with Gasteiger partial charge < -0.3 is 5.32 Å². The van der Waals surface area contributed by atoms with E-state index in [1.807, 2.05) is 0 Å². The average molecular weight is 471 g/mol. The molecule has 0 unspecified atom stereocenters. The van der Waals surface area contributed by atoms with Gasteiger partial charge in [-0.15, -0.1) is 0 Å². The number of nitrogens with one attached hydrogen (secondary N) is 1. The van der Waals surface area contributed by atoms with Gasteiger partial charge in [-0.2, -0.15) is 0 Å². The molecule has 7 heteroatoms. The Bertz CT molecular complexity index is 1160. The quantitative estimate of drug-likeness (QED) is 0.479. The first-order valence-electron chi connectivity index (χ1n) is 10.6. The number of sulfonamides is 1. The highest BCUT2D eigenvalue weighted by atomic mass is 35.5. The van der Waals surface area contributed by atoms with Crippen molar-refractivity contribution in [2.75, 3.05) is 10.8 Å². The van der Waals surface area contributed by atoms with Crippen LogP contribution in [-0.4, -0.2) is 20.9 Å². The second-order valence-electron chi connectivity index (χ2n) is 7.39. The summed E-state index contributed by atoms with van der Waals surface area (Å²) in [6.45, 7) is 4.17. The molecule has 5 nitrogen and oxygen atoms in total. The number of anilines is 1. The highest BCUT2D eigenvalue weighted by molar-refractivity contribution is 7.92. The van der Waals surface area contributed by atoms with Crippen LogP contribution in [0.5, 0.6) is 0 Å². The number of halogens is 1. The smallest absolute Gasteiger partial charge is 0.264 e. The molecule has 3 aromatic rings. The van der Waals surface area contributed by atoms with Gasteiger partial charge in [0.15, 0.2) is 0 Å². The lowest BCUT2D eigenvalue weighted by molar-refractivity contribution is -0.119. The number of rotatable bonds is 9. The molecule has 0 heterocycles. The summed E-state index contributed by atoms with van der Waals surface area (Å²) in [4.78, 5) is 12.9. The zero-order valence-electron chi connectivity index (χ0n) is 18.2. The van der Waals surface area contributed by atoms with Crippen LogP contribution < -0.4 is 9.62 Å². The minimum atomic E-state index is -3.96. The summed E-state index contributed by atoms with van der Waals surface area (Å²) in [5.41, 5.74) is 3.82. The molecule has 3 aromatic carbocycles. The maximum atomic E-state index is 13.3. The Morgan fingerprint density at radius 1 is 0.906 bits per heavy atom. The molecule has 0 spiro atoms. The van der Waals surface area contributed by atoms with E-state index >= 15 is 0 Å².